The molecule has 0 bridgehead atoms. The first kappa shape index (κ1) is 12.1. The van der Waals surface area contributed by atoms with Crippen LogP contribution in [0.3, 0.4) is 0 Å². The fraction of sp³-hybridized carbons (Fsp3) is 0.923. The van der Waals surface area contributed by atoms with Gasteiger partial charge in [0.25, 0.3) is 0 Å². The minimum absolute atomic E-state index is 0.242. The molecule has 1 aliphatic heterocycles. The molecule has 0 aromatic heterocycles. The average Bonchev–Trinajstić information content (AvgIpc) is 2.68. The summed E-state index contributed by atoms with van der Waals surface area (Å²) in [5, 5.41) is 0. The molecule has 1 aliphatic carbocycles. The van der Waals surface area contributed by atoms with Crippen molar-refractivity contribution < 1.29 is 14.3 Å². The van der Waals surface area contributed by atoms with E-state index in [1.54, 1.807) is 0 Å². The van der Waals surface area contributed by atoms with Crippen LogP contribution in [0.4, 0.5) is 0 Å². The Morgan fingerprint density at radius 3 is 2.19 bits per heavy atom. The summed E-state index contributed by atoms with van der Waals surface area (Å²) in [6.45, 7) is 5.77. The molecule has 2 unspecified atom stereocenters. The van der Waals surface area contributed by atoms with Crippen LogP contribution in [-0.4, -0.2) is 25.3 Å². The van der Waals surface area contributed by atoms with Crippen molar-refractivity contribution in [1.82, 2.24) is 0 Å². The minimum atomic E-state index is -0.264. The van der Waals surface area contributed by atoms with Crippen molar-refractivity contribution in [2.24, 2.45) is 17.8 Å². The van der Waals surface area contributed by atoms with Crippen LogP contribution in [0.5, 0.6) is 0 Å². The van der Waals surface area contributed by atoms with Crippen LogP contribution in [0.15, 0.2) is 0 Å². The quantitative estimate of drug-likeness (QED) is 0.741. The third kappa shape index (κ3) is 3.05. The fourth-order valence-electron chi connectivity index (χ4n) is 3.07. The molecule has 2 atom stereocenters. The van der Waals surface area contributed by atoms with E-state index in [1.807, 2.05) is 0 Å². The van der Waals surface area contributed by atoms with Gasteiger partial charge >= 0.3 is 0 Å². The van der Waals surface area contributed by atoms with Crippen molar-refractivity contribution in [3.63, 3.8) is 0 Å². The van der Waals surface area contributed by atoms with Gasteiger partial charge < -0.3 is 9.47 Å². The molecule has 0 aromatic carbocycles. The van der Waals surface area contributed by atoms with Crippen LogP contribution < -0.4 is 0 Å². The van der Waals surface area contributed by atoms with Crippen molar-refractivity contribution in [1.29, 1.82) is 0 Å². The monoisotopic (exact) mass is 226 g/mol. The van der Waals surface area contributed by atoms with Crippen molar-refractivity contribution >= 4 is 5.78 Å². The summed E-state index contributed by atoms with van der Waals surface area (Å²) >= 11 is 0. The van der Waals surface area contributed by atoms with Crippen LogP contribution in [0.25, 0.3) is 0 Å². The number of Topliss-reactive ketones (excluding diaryl/α,β-unsaturated/α-hetero) is 1. The molecule has 0 N–H and O–H groups in total. The van der Waals surface area contributed by atoms with Gasteiger partial charge in [-0.05, 0) is 31.1 Å². The van der Waals surface area contributed by atoms with Gasteiger partial charge in [0.1, 0.15) is 5.78 Å². The highest BCUT2D eigenvalue weighted by atomic mass is 16.7. The smallest absolute Gasteiger partial charge is 0.164 e. The first-order chi connectivity index (χ1) is 7.65. The van der Waals surface area contributed by atoms with Gasteiger partial charge in [0.2, 0.25) is 0 Å². The molecule has 0 amide bonds. The van der Waals surface area contributed by atoms with Crippen LogP contribution in [0, 0.1) is 17.8 Å². The van der Waals surface area contributed by atoms with Gasteiger partial charge in [-0.1, -0.05) is 13.8 Å². The standard InChI is InChI=1S/C13H22O3/c1-9-5-10(2)7-11(6-9)12(14)8-13-15-3-4-16-13/h9-11,13H,3-8H2,1-2H3. The summed E-state index contributed by atoms with van der Waals surface area (Å²) in [6.07, 6.45) is 3.55. The van der Waals surface area contributed by atoms with Gasteiger partial charge in [0.15, 0.2) is 6.29 Å². The molecule has 1 saturated heterocycles. The number of ketones is 1. The van der Waals surface area contributed by atoms with Gasteiger partial charge in [0, 0.05) is 5.92 Å². The van der Waals surface area contributed by atoms with Gasteiger partial charge in [-0.2, -0.15) is 0 Å². The second kappa shape index (κ2) is 5.28. The first-order valence-electron chi connectivity index (χ1n) is 6.41. The normalized spacial score (nSPS) is 36.5. The molecular weight excluding hydrogens is 204 g/mol. The highest BCUT2D eigenvalue weighted by Gasteiger charge is 2.31. The third-order valence-electron chi connectivity index (χ3n) is 3.69. The largest absolute Gasteiger partial charge is 0.350 e. The molecule has 16 heavy (non-hydrogen) atoms. The molecular formula is C13H22O3. The molecule has 2 rings (SSSR count). The van der Waals surface area contributed by atoms with E-state index >= 15 is 0 Å². The van der Waals surface area contributed by atoms with E-state index in [1.165, 1.54) is 6.42 Å². The highest BCUT2D eigenvalue weighted by molar-refractivity contribution is 5.81. The Morgan fingerprint density at radius 1 is 1.06 bits per heavy atom. The topological polar surface area (TPSA) is 35.5 Å². The Balaban J connectivity index is 1.83. The zero-order valence-electron chi connectivity index (χ0n) is 10.3. The Morgan fingerprint density at radius 2 is 1.62 bits per heavy atom. The maximum absolute atomic E-state index is 12.1. The van der Waals surface area contributed by atoms with Gasteiger partial charge in [0.05, 0.1) is 19.6 Å². The SMILES string of the molecule is CC1CC(C)CC(C(=O)CC2OCCO2)C1. The average molecular weight is 226 g/mol. The van der Waals surface area contributed by atoms with E-state index < -0.39 is 0 Å². The number of hydrogen-bond donors (Lipinski definition) is 0. The molecule has 0 spiro atoms. The Bertz CT molecular complexity index is 236. The lowest BCUT2D eigenvalue weighted by molar-refractivity contribution is -0.133. The molecule has 2 fully saturated rings. The summed E-state index contributed by atoms with van der Waals surface area (Å²) in [7, 11) is 0. The zero-order chi connectivity index (χ0) is 11.5. The predicted molar refractivity (Wildman–Crippen MR) is 61.0 cm³/mol. The Hall–Kier alpha value is -0.410. The van der Waals surface area contributed by atoms with Gasteiger partial charge in [-0.3, -0.25) is 4.79 Å². The first-order valence-corrected chi connectivity index (χ1v) is 6.41. The van der Waals surface area contributed by atoms with E-state index in [0.717, 1.165) is 12.8 Å². The lowest BCUT2D eigenvalue weighted by atomic mass is 9.74. The molecule has 92 valence electrons. The van der Waals surface area contributed by atoms with Crippen molar-refractivity contribution in [3.05, 3.63) is 0 Å². The van der Waals surface area contributed by atoms with E-state index in [-0.39, 0.29) is 12.2 Å². The number of ether oxygens (including phenoxy) is 2. The summed E-state index contributed by atoms with van der Waals surface area (Å²) in [5.74, 6) is 1.95. The third-order valence-corrected chi connectivity index (χ3v) is 3.69. The maximum Gasteiger partial charge on any atom is 0.164 e. The van der Waals surface area contributed by atoms with E-state index in [2.05, 4.69) is 13.8 Å². The highest BCUT2D eigenvalue weighted by Crippen LogP contribution is 2.34. The summed E-state index contributed by atoms with van der Waals surface area (Å²) in [5.41, 5.74) is 0. The summed E-state index contributed by atoms with van der Waals surface area (Å²) in [4.78, 5) is 12.1. The van der Waals surface area contributed by atoms with Crippen molar-refractivity contribution in [2.75, 3.05) is 13.2 Å². The fourth-order valence-corrected chi connectivity index (χ4v) is 3.07. The molecule has 0 aromatic rings. The van der Waals surface area contributed by atoms with E-state index in [0.29, 0.717) is 37.3 Å². The zero-order valence-corrected chi connectivity index (χ0v) is 10.3. The van der Waals surface area contributed by atoms with Gasteiger partial charge in [-0.15, -0.1) is 0 Å². The Labute approximate surface area is 97.5 Å². The van der Waals surface area contributed by atoms with Crippen LogP contribution >= 0.6 is 0 Å². The molecule has 2 aliphatic rings. The van der Waals surface area contributed by atoms with Crippen LogP contribution in [-0.2, 0) is 14.3 Å². The molecule has 1 saturated carbocycles. The molecule has 3 heteroatoms. The second-order valence-corrected chi connectivity index (χ2v) is 5.46. The lowest BCUT2D eigenvalue weighted by Gasteiger charge is -2.30. The number of hydrogen-bond acceptors (Lipinski definition) is 3. The van der Waals surface area contributed by atoms with Crippen LogP contribution in [0.2, 0.25) is 0 Å². The predicted octanol–water partition coefficient (Wildman–Crippen LogP) is 2.39. The summed E-state index contributed by atoms with van der Waals surface area (Å²) < 4.78 is 10.7. The minimum Gasteiger partial charge on any atom is -0.350 e. The molecule has 0 radical (unpaired) electrons. The lowest BCUT2D eigenvalue weighted by Crippen LogP contribution is -2.28. The number of carbonyl (C=O) groups is 1. The maximum atomic E-state index is 12.1. The Kier molecular flexibility index (Phi) is 3.98. The second-order valence-electron chi connectivity index (χ2n) is 5.46. The van der Waals surface area contributed by atoms with Crippen LogP contribution in [0.1, 0.15) is 39.5 Å². The molecule has 1 heterocycles. The van der Waals surface area contributed by atoms with Crippen molar-refractivity contribution in [3.8, 4) is 0 Å². The van der Waals surface area contributed by atoms with E-state index in [9.17, 15) is 4.79 Å². The van der Waals surface area contributed by atoms with E-state index in [4.69, 9.17) is 9.47 Å². The summed E-state index contributed by atoms with van der Waals surface area (Å²) in [6, 6.07) is 0. The van der Waals surface area contributed by atoms with Gasteiger partial charge in [-0.25, -0.2) is 0 Å². The van der Waals surface area contributed by atoms with Crippen molar-refractivity contribution in [2.45, 2.75) is 45.8 Å². The number of rotatable bonds is 3. The number of carbonyl (C=O) groups excluding carboxylic acids is 1. The molecule has 3 nitrogen and oxygen atoms in total.